The highest BCUT2D eigenvalue weighted by Gasteiger charge is 2.39. The summed E-state index contributed by atoms with van der Waals surface area (Å²) in [6.07, 6.45) is 1.88. The molecule has 1 N–H and O–H groups in total. The summed E-state index contributed by atoms with van der Waals surface area (Å²) in [7, 11) is 0. The zero-order valence-electron chi connectivity index (χ0n) is 17.1. The Kier molecular flexibility index (Phi) is 6.37. The minimum absolute atomic E-state index is 0.00400. The Morgan fingerprint density at radius 3 is 2.54 bits per heavy atom. The van der Waals surface area contributed by atoms with Crippen LogP contribution in [-0.4, -0.2) is 48.8 Å². The fourth-order valence-corrected chi connectivity index (χ4v) is 3.95. The first-order valence-corrected chi connectivity index (χ1v) is 10.3. The average Bonchev–Trinajstić information content (AvgIpc) is 3.07. The molecular formula is C22H31N3O3. The van der Waals surface area contributed by atoms with E-state index in [0.29, 0.717) is 32.1 Å². The predicted octanol–water partition coefficient (Wildman–Crippen LogP) is 2.36. The molecule has 0 unspecified atom stereocenters. The zero-order chi connectivity index (χ0) is 20.3. The highest BCUT2D eigenvalue weighted by Crippen LogP contribution is 2.28. The van der Waals surface area contributed by atoms with Gasteiger partial charge in [-0.3, -0.25) is 14.4 Å². The Bertz CT molecular complexity index is 729. The van der Waals surface area contributed by atoms with Crippen molar-refractivity contribution in [3.8, 4) is 0 Å². The van der Waals surface area contributed by atoms with Crippen molar-refractivity contribution in [2.45, 2.75) is 40.0 Å². The summed E-state index contributed by atoms with van der Waals surface area (Å²) < 4.78 is 0. The average molecular weight is 386 g/mol. The van der Waals surface area contributed by atoms with E-state index >= 15 is 0 Å². The van der Waals surface area contributed by atoms with Crippen LogP contribution in [0.1, 0.15) is 38.7 Å². The molecule has 3 amide bonds. The van der Waals surface area contributed by atoms with E-state index in [0.717, 1.165) is 24.1 Å². The van der Waals surface area contributed by atoms with Crippen LogP contribution < -0.4 is 10.2 Å². The molecule has 0 aliphatic carbocycles. The first-order chi connectivity index (χ1) is 13.3. The molecule has 0 saturated carbocycles. The number of amides is 3. The van der Waals surface area contributed by atoms with E-state index in [1.165, 1.54) is 0 Å². The summed E-state index contributed by atoms with van der Waals surface area (Å²) in [6.45, 7) is 8.33. The van der Waals surface area contributed by atoms with Crippen LogP contribution in [0.5, 0.6) is 0 Å². The van der Waals surface area contributed by atoms with Crippen molar-refractivity contribution in [2.75, 3.05) is 31.1 Å². The van der Waals surface area contributed by atoms with Crippen LogP contribution in [0.25, 0.3) is 0 Å². The molecule has 6 nitrogen and oxygen atoms in total. The molecule has 0 radical (unpaired) electrons. The number of carbonyl (C=O) groups is 3. The maximum Gasteiger partial charge on any atom is 0.228 e. The van der Waals surface area contributed by atoms with E-state index in [2.05, 4.69) is 19.2 Å². The third-order valence-corrected chi connectivity index (χ3v) is 5.61. The lowest BCUT2D eigenvalue weighted by molar-refractivity contribution is -0.139. The smallest absolute Gasteiger partial charge is 0.228 e. The molecule has 2 aliphatic rings. The topological polar surface area (TPSA) is 69.7 Å². The van der Waals surface area contributed by atoms with Gasteiger partial charge < -0.3 is 15.1 Å². The Hall–Kier alpha value is -2.37. The van der Waals surface area contributed by atoms with Crippen LogP contribution in [-0.2, 0) is 14.4 Å². The second kappa shape index (κ2) is 8.76. The van der Waals surface area contributed by atoms with E-state index in [4.69, 9.17) is 0 Å². The number of anilines is 1. The van der Waals surface area contributed by atoms with E-state index in [1.54, 1.807) is 9.80 Å². The third kappa shape index (κ3) is 4.72. The van der Waals surface area contributed by atoms with Gasteiger partial charge in [0.25, 0.3) is 0 Å². The van der Waals surface area contributed by atoms with Crippen molar-refractivity contribution in [1.29, 1.82) is 0 Å². The van der Waals surface area contributed by atoms with E-state index in [1.807, 2.05) is 31.2 Å². The molecule has 2 atom stereocenters. The summed E-state index contributed by atoms with van der Waals surface area (Å²) in [5.41, 5.74) is 1.98. The Morgan fingerprint density at radius 1 is 1.14 bits per heavy atom. The molecule has 2 saturated heterocycles. The molecule has 6 heteroatoms. The summed E-state index contributed by atoms with van der Waals surface area (Å²) in [5, 5.41) is 2.98. The maximum absolute atomic E-state index is 13.0. The lowest BCUT2D eigenvalue weighted by Crippen LogP contribution is -2.48. The molecule has 0 aromatic heterocycles. The number of likely N-dealkylation sites (tertiary alicyclic amines) is 1. The van der Waals surface area contributed by atoms with Gasteiger partial charge in [-0.25, -0.2) is 0 Å². The van der Waals surface area contributed by atoms with Crippen molar-refractivity contribution in [2.24, 2.45) is 17.8 Å². The van der Waals surface area contributed by atoms with Crippen LogP contribution in [0.3, 0.4) is 0 Å². The number of nitrogens with one attached hydrogen (secondary N) is 1. The number of aryl methyl sites for hydroxylation is 1. The molecule has 2 heterocycles. The van der Waals surface area contributed by atoms with Crippen molar-refractivity contribution >= 4 is 23.4 Å². The van der Waals surface area contributed by atoms with E-state index < -0.39 is 0 Å². The Morgan fingerprint density at radius 2 is 1.86 bits per heavy atom. The molecule has 2 fully saturated rings. The van der Waals surface area contributed by atoms with E-state index in [-0.39, 0.29) is 36.0 Å². The molecule has 0 bridgehead atoms. The predicted molar refractivity (Wildman–Crippen MR) is 109 cm³/mol. The fourth-order valence-electron chi connectivity index (χ4n) is 3.95. The van der Waals surface area contributed by atoms with Gasteiger partial charge in [0.15, 0.2) is 0 Å². The number of hydrogen-bond acceptors (Lipinski definition) is 3. The number of nitrogens with zero attached hydrogens (tertiary/aromatic N) is 2. The molecular weight excluding hydrogens is 354 g/mol. The number of carbonyl (C=O) groups excluding carboxylic acids is 3. The second-order valence-electron chi connectivity index (χ2n) is 8.50. The minimum atomic E-state index is -0.328. The minimum Gasteiger partial charge on any atom is -0.356 e. The molecule has 0 spiro atoms. The van der Waals surface area contributed by atoms with Gasteiger partial charge in [0.1, 0.15) is 0 Å². The monoisotopic (exact) mass is 385 g/mol. The van der Waals surface area contributed by atoms with Crippen molar-refractivity contribution in [3.05, 3.63) is 29.8 Å². The lowest BCUT2D eigenvalue weighted by atomic mass is 9.95. The molecule has 2 aliphatic heterocycles. The molecule has 1 aromatic carbocycles. The zero-order valence-corrected chi connectivity index (χ0v) is 17.1. The molecule has 1 aromatic rings. The quantitative estimate of drug-likeness (QED) is 0.846. The van der Waals surface area contributed by atoms with Crippen molar-refractivity contribution in [3.63, 3.8) is 0 Å². The fraction of sp³-hybridized carbons (Fsp3) is 0.591. The number of rotatable bonds is 5. The van der Waals surface area contributed by atoms with Gasteiger partial charge in [-0.05, 0) is 37.8 Å². The summed E-state index contributed by atoms with van der Waals surface area (Å²) in [5.74, 6) is -0.0414. The van der Waals surface area contributed by atoms with Crippen LogP contribution >= 0.6 is 0 Å². The highest BCUT2D eigenvalue weighted by atomic mass is 16.2. The number of piperidine rings is 1. The second-order valence-corrected chi connectivity index (χ2v) is 8.50. The summed E-state index contributed by atoms with van der Waals surface area (Å²) in [6, 6.07) is 7.80. The maximum atomic E-state index is 13.0. The van der Waals surface area contributed by atoms with Crippen LogP contribution in [0, 0.1) is 24.7 Å². The first-order valence-electron chi connectivity index (χ1n) is 10.3. The van der Waals surface area contributed by atoms with Crippen molar-refractivity contribution in [1.82, 2.24) is 10.2 Å². The molecule has 152 valence electrons. The molecule has 3 rings (SSSR count). The standard InChI is InChI=1S/C22H31N3O3/c1-15(2)12-23-21(27)17-5-4-10-24(13-17)22(28)18-11-20(26)25(14-18)19-8-6-16(3)7-9-19/h6-9,15,17-18H,4-5,10-14H2,1-3H3,(H,23,27)/t17-,18-/m0/s1. The van der Waals surface area contributed by atoms with Crippen LogP contribution in [0.4, 0.5) is 5.69 Å². The summed E-state index contributed by atoms with van der Waals surface area (Å²) >= 11 is 0. The van der Waals surface area contributed by atoms with Gasteiger partial charge in [-0.15, -0.1) is 0 Å². The Labute approximate surface area is 167 Å². The van der Waals surface area contributed by atoms with Gasteiger partial charge in [0.05, 0.1) is 11.8 Å². The number of hydrogen-bond donors (Lipinski definition) is 1. The van der Waals surface area contributed by atoms with Crippen molar-refractivity contribution < 1.29 is 14.4 Å². The van der Waals surface area contributed by atoms with Gasteiger partial charge in [-0.2, -0.15) is 0 Å². The third-order valence-electron chi connectivity index (χ3n) is 5.61. The molecule has 28 heavy (non-hydrogen) atoms. The van der Waals surface area contributed by atoms with Gasteiger partial charge in [0, 0.05) is 38.3 Å². The largest absolute Gasteiger partial charge is 0.356 e. The van der Waals surface area contributed by atoms with Crippen LogP contribution in [0.2, 0.25) is 0 Å². The SMILES string of the molecule is Cc1ccc(N2C[C@@H](C(=O)N3CCC[C@H](C(=O)NCC(C)C)C3)CC2=O)cc1. The van der Waals surface area contributed by atoms with Gasteiger partial charge >= 0.3 is 0 Å². The first kappa shape index (κ1) is 20.4. The normalized spacial score (nSPS) is 22.6. The van der Waals surface area contributed by atoms with Gasteiger partial charge in [0.2, 0.25) is 17.7 Å². The lowest BCUT2D eigenvalue weighted by Gasteiger charge is -2.33. The highest BCUT2D eigenvalue weighted by molar-refractivity contribution is 6.00. The van der Waals surface area contributed by atoms with E-state index in [9.17, 15) is 14.4 Å². The Balaban J connectivity index is 1.59. The van der Waals surface area contributed by atoms with Gasteiger partial charge in [-0.1, -0.05) is 31.5 Å². The summed E-state index contributed by atoms with van der Waals surface area (Å²) in [4.78, 5) is 41.4. The number of benzene rings is 1. The van der Waals surface area contributed by atoms with Crippen LogP contribution in [0.15, 0.2) is 24.3 Å².